The van der Waals surface area contributed by atoms with E-state index in [-0.39, 0.29) is 32.2 Å². The summed E-state index contributed by atoms with van der Waals surface area (Å²) in [6.45, 7) is -0.774. The molecule has 2 saturated heterocycles. The maximum atomic E-state index is 12.6. The van der Waals surface area contributed by atoms with E-state index in [4.69, 9.17) is 47.0 Å². The molecule has 3 aliphatic rings. The molecule has 0 aromatic carbocycles. The van der Waals surface area contributed by atoms with Crippen LogP contribution in [-0.2, 0) is 18.9 Å². The summed E-state index contributed by atoms with van der Waals surface area (Å²) in [5.74, 6) is 0. The third-order valence-electron chi connectivity index (χ3n) is 7.88. The van der Waals surface area contributed by atoms with E-state index in [1.807, 2.05) is 0 Å². The van der Waals surface area contributed by atoms with Crippen LogP contribution in [0.25, 0.3) is 0 Å². The van der Waals surface area contributed by atoms with Crippen molar-refractivity contribution in [1.29, 1.82) is 0 Å². The van der Waals surface area contributed by atoms with Crippen molar-refractivity contribution in [3.05, 3.63) is 0 Å². The highest BCUT2D eigenvalue weighted by Crippen LogP contribution is 2.31. The van der Waals surface area contributed by atoms with Gasteiger partial charge in [-0.2, -0.15) is 0 Å². The fourth-order valence-electron chi connectivity index (χ4n) is 5.36. The van der Waals surface area contributed by atoms with Crippen LogP contribution < -0.4 is 33.6 Å². The summed E-state index contributed by atoms with van der Waals surface area (Å²) in [5, 5.41) is 76.3. The molecule has 0 aromatic heterocycles. The number of hydroxylamine groups is 2. The number of carbonyl (C=O) groups is 1. The van der Waals surface area contributed by atoms with E-state index in [2.05, 4.69) is 10.6 Å². The van der Waals surface area contributed by atoms with Crippen LogP contribution in [0.1, 0.15) is 19.3 Å². The number of hydrogen-bond acceptors (Lipinski definition) is 17. The normalized spacial score (nSPS) is 41.0. The largest absolute Gasteiger partial charge is 0.394 e. The maximum absolute atomic E-state index is 12.6. The molecule has 3 fully saturated rings. The van der Waals surface area contributed by atoms with Crippen molar-refractivity contribution < 1.29 is 59.6 Å². The molecule has 252 valence electrons. The average Bonchev–Trinajstić information content (AvgIpc) is 2.98. The topological polar surface area (TPSA) is 327 Å². The minimum atomic E-state index is -1.59. The van der Waals surface area contributed by atoms with Gasteiger partial charge < -0.3 is 83.2 Å². The van der Waals surface area contributed by atoms with Crippen molar-refractivity contribution in [1.82, 2.24) is 15.7 Å². The molecular formula is C24H49N7O12. The monoisotopic (exact) mass is 627 g/mol. The van der Waals surface area contributed by atoms with Crippen LogP contribution in [0.4, 0.5) is 4.79 Å². The lowest BCUT2D eigenvalue weighted by atomic mass is 9.83. The van der Waals surface area contributed by atoms with Gasteiger partial charge in [-0.05, 0) is 19.3 Å². The average molecular weight is 628 g/mol. The molecule has 0 radical (unpaired) electrons. The standard InChI is InChI=1S/C24H49N7O12/c25-3-4-31(39)24(38)30-14-5-13(27)20(42-22-12(26)2-1-11(40-22)7-29-6-10(34)8-32)19(37)21(14)43-23-18(36)16(28)17(35)15(9-33)41-23/h10-23,29,32-37,39H,1-9,25-28H2,(H,30,38)/t10?,11-,12+,13-,14+,15+,16-,17+,18+,19-,20?,21-,22+,23+/m0/s1. The lowest BCUT2D eigenvalue weighted by molar-refractivity contribution is -0.314. The first kappa shape index (κ1) is 36.1. The van der Waals surface area contributed by atoms with Crippen molar-refractivity contribution in [2.45, 2.75) is 105 Å². The van der Waals surface area contributed by atoms with Gasteiger partial charge in [0.1, 0.15) is 36.6 Å². The fraction of sp³-hybridized carbons (Fsp3) is 0.958. The van der Waals surface area contributed by atoms with Crippen molar-refractivity contribution >= 4 is 6.03 Å². The van der Waals surface area contributed by atoms with Crippen LogP contribution in [-0.4, -0.2) is 172 Å². The molecule has 19 heteroatoms. The van der Waals surface area contributed by atoms with E-state index in [0.29, 0.717) is 24.4 Å². The zero-order valence-electron chi connectivity index (χ0n) is 23.9. The number of carbonyl (C=O) groups excluding carboxylic acids is 1. The lowest BCUT2D eigenvalue weighted by Crippen LogP contribution is -2.69. The van der Waals surface area contributed by atoms with E-state index in [1.54, 1.807) is 0 Å². The van der Waals surface area contributed by atoms with Gasteiger partial charge in [0.05, 0.1) is 50.1 Å². The van der Waals surface area contributed by atoms with E-state index >= 15 is 0 Å². The van der Waals surface area contributed by atoms with Crippen LogP contribution in [0.5, 0.6) is 0 Å². The van der Waals surface area contributed by atoms with Gasteiger partial charge in [0.25, 0.3) is 0 Å². The predicted octanol–water partition coefficient (Wildman–Crippen LogP) is -6.88. The molecule has 2 unspecified atom stereocenters. The van der Waals surface area contributed by atoms with Crippen LogP contribution >= 0.6 is 0 Å². The Bertz CT molecular complexity index is 852. The summed E-state index contributed by atoms with van der Waals surface area (Å²) in [7, 11) is 0. The summed E-state index contributed by atoms with van der Waals surface area (Å²) in [6, 6.07) is -4.75. The van der Waals surface area contributed by atoms with Crippen LogP contribution in [0.15, 0.2) is 0 Å². The molecule has 2 aliphatic heterocycles. The van der Waals surface area contributed by atoms with Crippen molar-refractivity contribution in [2.24, 2.45) is 22.9 Å². The minimum Gasteiger partial charge on any atom is -0.394 e. The van der Waals surface area contributed by atoms with E-state index in [9.17, 15) is 35.5 Å². The Labute approximate surface area is 248 Å². The van der Waals surface area contributed by atoms with Gasteiger partial charge in [0.15, 0.2) is 12.6 Å². The maximum Gasteiger partial charge on any atom is 0.341 e. The van der Waals surface area contributed by atoms with E-state index in [0.717, 1.165) is 0 Å². The number of nitrogens with two attached hydrogens (primary N) is 4. The molecule has 0 aromatic rings. The third-order valence-corrected chi connectivity index (χ3v) is 7.88. The van der Waals surface area contributed by atoms with Gasteiger partial charge in [0, 0.05) is 25.7 Å². The first-order valence-electron chi connectivity index (χ1n) is 14.4. The van der Waals surface area contributed by atoms with Crippen molar-refractivity contribution in [3.63, 3.8) is 0 Å². The quantitative estimate of drug-likeness (QED) is 0.0666. The van der Waals surface area contributed by atoms with Gasteiger partial charge in [-0.15, -0.1) is 0 Å². The number of aliphatic hydroxyl groups excluding tert-OH is 6. The predicted molar refractivity (Wildman–Crippen MR) is 146 cm³/mol. The molecular weight excluding hydrogens is 578 g/mol. The molecule has 1 aliphatic carbocycles. The highest BCUT2D eigenvalue weighted by Gasteiger charge is 2.51. The van der Waals surface area contributed by atoms with Crippen LogP contribution in [0, 0.1) is 0 Å². The van der Waals surface area contributed by atoms with Crippen LogP contribution in [0.2, 0.25) is 0 Å². The van der Waals surface area contributed by atoms with Gasteiger partial charge >= 0.3 is 6.03 Å². The molecule has 0 bridgehead atoms. The number of ether oxygens (including phenoxy) is 4. The Balaban J connectivity index is 1.76. The number of nitrogens with zero attached hydrogens (tertiary/aromatic N) is 1. The smallest absolute Gasteiger partial charge is 0.341 e. The number of nitrogens with one attached hydrogen (secondary N) is 2. The Kier molecular flexibility index (Phi) is 14.1. The van der Waals surface area contributed by atoms with E-state index < -0.39 is 98.7 Å². The van der Waals surface area contributed by atoms with E-state index in [1.165, 1.54) is 0 Å². The molecule has 1 saturated carbocycles. The first-order chi connectivity index (χ1) is 20.4. The fourth-order valence-corrected chi connectivity index (χ4v) is 5.36. The van der Waals surface area contributed by atoms with Gasteiger partial charge in [-0.1, -0.05) is 0 Å². The lowest BCUT2D eigenvalue weighted by Gasteiger charge is -2.48. The molecule has 3 rings (SSSR count). The summed E-state index contributed by atoms with van der Waals surface area (Å²) < 4.78 is 23.6. The number of aliphatic hydroxyl groups is 6. The Hall–Kier alpha value is -1.37. The summed E-state index contributed by atoms with van der Waals surface area (Å²) in [5.41, 5.74) is 24.0. The summed E-state index contributed by atoms with van der Waals surface area (Å²) >= 11 is 0. The van der Waals surface area contributed by atoms with Crippen molar-refractivity contribution in [2.75, 3.05) is 39.4 Å². The number of urea groups is 1. The minimum absolute atomic E-state index is 0.0301. The third kappa shape index (κ3) is 9.33. The first-order valence-corrected chi connectivity index (χ1v) is 14.4. The summed E-state index contributed by atoms with van der Waals surface area (Å²) in [4.78, 5) is 12.6. The SMILES string of the molecule is NCCN(O)C(=O)N[C@@H]1C[C@H](N)C(O[C@H]2O[C@H](CNCC(O)CO)CC[C@H]2N)[C@H](O)[C@H]1O[C@H]1O[C@H](CO)[C@@H](O)[C@H](N)[C@H]1O. The Morgan fingerprint density at radius 1 is 0.977 bits per heavy atom. The molecule has 2 amide bonds. The van der Waals surface area contributed by atoms with Gasteiger partial charge in [0.2, 0.25) is 0 Å². The number of amides is 2. The van der Waals surface area contributed by atoms with Crippen LogP contribution in [0.3, 0.4) is 0 Å². The molecule has 43 heavy (non-hydrogen) atoms. The summed E-state index contributed by atoms with van der Waals surface area (Å²) in [6.07, 6.45) is -11.1. The zero-order chi connectivity index (χ0) is 31.8. The highest BCUT2D eigenvalue weighted by atomic mass is 16.7. The molecule has 14 atom stereocenters. The highest BCUT2D eigenvalue weighted by molar-refractivity contribution is 5.73. The molecule has 0 spiro atoms. The Morgan fingerprint density at radius 2 is 1.67 bits per heavy atom. The zero-order valence-corrected chi connectivity index (χ0v) is 23.9. The Morgan fingerprint density at radius 3 is 2.33 bits per heavy atom. The van der Waals surface area contributed by atoms with Crippen molar-refractivity contribution in [3.8, 4) is 0 Å². The second-order valence-corrected chi connectivity index (χ2v) is 11.2. The van der Waals surface area contributed by atoms with Gasteiger partial charge in [-0.25, -0.2) is 9.86 Å². The second kappa shape index (κ2) is 16.8. The second-order valence-electron chi connectivity index (χ2n) is 11.2. The van der Waals surface area contributed by atoms with Gasteiger partial charge in [-0.3, -0.25) is 5.21 Å². The molecule has 19 nitrogen and oxygen atoms in total. The number of hydrogen-bond donors (Lipinski definition) is 13. The molecule has 2 heterocycles. The number of rotatable bonds is 13. The molecule has 17 N–H and O–H groups in total.